The minimum Gasteiger partial charge on any atom is -0.396 e. The van der Waals surface area contributed by atoms with E-state index in [4.69, 9.17) is 0 Å². The van der Waals surface area contributed by atoms with Gasteiger partial charge in [-0.3, -0.25) is 9.80 Å². The summed E-state index contributed by atoms with van der Waals surface area (Å²) in [5, 5.41) is 9.46. The number of aliphatic hydroxyl groups is 1. The average Bonchev–Trinajstić information content (AvgIpc) is 2.97. The van der Waals surface area contributed by atoms with E-state index in [1.54, 1.807) is 0 Å². The van der Waals surface area contributed by atoms with Gasteiger partial charge in [-0.25, -0.2) is 4.98 Å². The molecule has 0 unspecified atom stereocenters. The van der Waals surface area contributed by atoms with Crippen molar-refractivity contribution in [3.05, 3.63) is 53.1 Å². The highest BCUT2D eigenvalue weighted by Gasteiger charge is 2.26. The van der Waals surface area contributed by atoms with E-state index >= 15 is 0 Å². The number of benzene rings is 1. The van der Waals surface area contributed by atoms with E-state index in [0.717, 1.165) is 45.0 Å². The molecule has 1 aliphatic heterocycles. The lowest BCUT2D eigenvalue weighted by molar-refractivity contribution is 0.0494. The molecule has 5 nitrogen and oxygen atoms in total. The van der Waals surface area contributed by atoms with E-state index in [0.29, 0.717) is 6.04 Å². The molecule has 2 N–H and O–H groups in total. The summed E-state index contributed by atoms with van der Waals surface area (Å²) in [6.07, 6.45) is 2.75. The van der Waals surface area contributed by atoms with Crippen molar-refractivity contribution in [3.8, 4) is 0 Å². The molecule has 2 heterocycles. The number of aliphatic hydroxyl groups excluding tert-OH is 1. The van der Waals surface area contributed by atoms with Crippen molar-refractivity contribution in [2.24, 2.45) is 0 Å². The molecule has 3 rings (SSSR count). The number of nitrogens with zero attached hydrogens (tertiary/aromatic N) is 3. The third-order valence-corrected chi connectivity index (χ3v) is 4.81. The van der Waals surface area contributed by atoms with Gasteiger partial charge in [0, 0.05) is 57.3 Å². The SMILES string of the molecule is Cc1ccc(CN2CCN(Cc3cnc(C)[nH]3)C[C@H]2CCO)cc1. The summed E-state index contributed by atoms with van der Waals surface area (Å²) in [7, 11) is 0. The van der Waals surface area contributed by atoms with Crippen LogP contribution in [0, 0.1) is 13.8 Å². The predicted molar refractivity (Wildman–Crippen MR) is 95.7 cm³/mol. The van der Waals surface area contributed by atoms with Crippen molar-refractivity contribution in [2.45, 2.75) is 39.4 Å². The first-order chi connectivity index (χ1) is 11.6. The Hall–Kier alpha value is -1.69. The van der Waals surface area contributed by atoms with Crippen LogP contribution < -0.4 is 0 Å². The Labute approximate surface area is 144 Å². The van der Waals surface area contributed by atoms with E-state index in [9.17, 15) is 5.11 Å². The molecule has 0 bridgehead atoms. The molecular formula is C19H28N4O. The Balaban J connectivity index is 1.61. The number of nitrogens with one attached hydrogen (secondary N) is 1. The molecule has 1 atom stereocenters. The first kappa shape index (κ1) is 17.1. The van der Waals surface area contributed by atoms with E-state index in [1.165, 1.54) is 16.8 Å². The molecule has 1 fully saturated rings. The zero-order chi connectivity index (χ0) is 16.9. The van der Waals surface area contributed by atoms with Gasteiger partial charge in [-0.1, -0.05) is 29.8 Å². The monoisotopic (exact) mass is 328 g/mol. The second kappa shape index (κ2) is 7.92. The zero-order valence-electron chi connectivity index (χ0n) is 14.7. The lowest BCUT2D eigenvalue weighted by atomic mass is 10.1. The van der Waals surface area contributed by atoms with Gasteiger partial charge >= 0.3 is 0 Å². The molecule has 0 amide bonds. The second-order valence-electron chi connectivity index (χ2n) is 6.85. The number of hydrogen-bond donors (Lipinski definition) is 2. The summed E-state index contributed by atoms with van der Waals surface area (Å²) < 4.78 is 0. The minimum atomic E-state index is 0.242. The van der Waals surface area contributed by atoms with Crippen molar-refractivity contribution in [3.63, 3.8) is 0 Å². The smallest absolute Gasteiger partial charge is 0.103 e. The Morgan fingerprint density at radius 2 is 1.96 bits per heavy atom. The quantitative estimate of drug-likeness (QED) is 0.853. The van der Waals surface area contributed by atoms with Crippen molar-refractivity contribution in [1.29, 1.82) is 0 Å². The number of aromatic amines is 1. The Bertz CT molecular complexity index is 637. The third-order valence-electron chi connectivity index (χ3n) is 4.81. The maximum atomic E-state index is 9.46. The van der Waals surface area contributed by atoms with Crippen LogP contribution in [-0.2, 0) is 13.1 Å². The molecule has 0 radical (unpaired) electrons. The molecule has 130 valence electrons. The number of aryl methyl sites for hydroxylation is 2. The van der Waals surface area contributed by atoms with Crippen molar-refractivity contribution in [1.82, 2.24) is 19.8 Å². The molecule has 1 aromatic carbocycles. The molecule has 1 aliphatic rings. The van der Waals surface area contributed by atoms with Crippen LogP contribution in [0.4, 0.5) is 0 Å². The Kier molecular flexibility index (Phi) is 5.66. The van der Waals surface area contributed by atoms with Gasteiger partial charge in [-0.2, -0.15) is 0 Å². The first-order valence-electron chi connectivity index (χ1n) is 8.77. The summed E-state index contributed by atoms with van der Waals surface area (Å²) in [6, 6.07) is 9.17. The van der Waals surface area contributed by atoms with E-state index < -0.39 is 0 Å². The van der Waals surface area contributed by atoms with Crippen LogP contribution in [0.5, 0.6) is 0 Å². The number of H-pyrrole nitrogens is 1. The van der Waals surface area contributed by atoms with Gasteiger partial charge in [-0.15, -0.1) is 0 Å². The van der Waals surface area contributed by atoms with Crippen LogP contribution in [0.1, 0.15) is 29.1 Å². The summed E-state index contributed by atoms with van der Waals surface area (Å²) in [4.78, 5) is 12.6. The van der Waals surface area contributed by atoms with E-state index in [2.05, 4.69) is 51.0 Å². The number of aromatic nitrogens is 2. The lowest BCUT2D eigenvalue weighted by Crippen LogP contribution is -2.52. The lowest BCUT2D eigenvalue weighted by Gasteiger charge is -2.41. The van der Waals surface area contributed by atoms with E-state index in [1.807, 2.05) is 13.1 Å². The highest BCUT2D eigenvalue weighted by atomic mass is 16.3. The largest absolute Gasteiger partial charge is 0.396 e. The van der Waals surface area contributed by atoms with Gasteiger partial charge in [0.05, 0.1) is 0 Å². The van der Waals surface area contributed by atoms with E-state index in [-0.39, 0.29) is 6.61 Å². The van der Waals surface area contributed by atoms with Gasteiger partial charge in [-0.05, 0) is 25.8 Å². The highest BCUT2D eigenvalue weighted by Crippen LogP contribution is 2.18. The van der Waals surface area contributed by atoms with Crippen LogP contribution in [0.15, 0.2) is 30.5 Å². The van der Waals surface area contributed by atoms with Gasteiger partial charge in [0.2, 0.25) is 0 Å². The molecular weight excluding hydrogens is 300 g/mol. The first-order valence-corrected chi connectivity index (χ1v) is 8.77. The molecule has 1 aromatic heterocycles. The zero-order valence-corrected chi connectivity index (χ0v) is 14.7. The van der Waals surface area contributed by atoms with Crippen molar-refractivity contribution < 1.29 is 5.11 Å². The topological polar surface area (TPSA) is 55.4 Å². The maximum absolute atomic E-state index is 9.46. The maximum Gasteiger partial charge on any atom is 0.103 e. The Morgan fingerprint density at radius 1 is 1.17 bits per heavy atom. The number of hydrogen-bond acceptors (Lipinski definition) is 4. The molecule has 0 saturated carbocycles. The summed E-state index contributed by atoms with van der Waals surface area (Å²) in [6.45, 7) is 9.28. The third kappa shape index (κ3) is 4.44. The van der Waals surface area contributed by atoms with Crippen LogP contribution in [0.2, 0.25) is 0 Å². The molecule has 24 heavy (non-hydrogen) atoms. The van der Waals surface area contributed by atoms with Gasteiger partial charge in [0.25, 0.3) is 0 Å². The Morgan fingerprint density at radius 3 is 2.62 bits per heavy atom. The standard InChI is InChI=1S/C19H28N4O/c1-15-3-5-17(6-4-15)12-23-9-8-22(14-19(23)7-10-24)13-18-11-20-16(2)21-18/h3-6,11,19,24H,7-10,12-14H2,1-2H3,(H,20,21)/t19-/m1/s1. The molecule has 0 spiro atoms. The fourth-order valence-electron chi connectivity index (χ4n) is 3.45. The average molecular weight is 328 g/mol. The van der Waals surface area contributed by atoms with Gasteiger partial charge in [0.15, 0.2) is 0 Å². The van der Waals surface area contributed by atoms with Crippen LogP contribution in [-0.4, -0.2) is 57.2 Å². The fourth-order valence-corrected chi connectivity index (χ4v) is 3.45. The van der Waals surface area contributed by atoms with Crippen LogP contribution in [0.25, 0.3) is 0 Å². The molecule has 2 aromatic rings. The normalized spacial score (nSPS) is 19.7. The van der Waals surface area contributed by atoms with Gasteiger partial charge < -0.3 is 10.1 Å². The molecule has 5 heteroatoms. The second-order valence-corrected chi connectivity index (χ2v) is 6.85. The number of imidazole rings is 1. The van der Waals surface area contributed by atoms with Crippen LogP contribution >= 0.6 is 0 Å². The minimum absolute atomic E-state index is 0.242. The fraction of sp³-hybridized carbons (Fsp3) is 0.526. The van der Waals surface area contributed by atoms with Crippen molar-refractivity contribution >= 4 is 0 Å². The molecule has 0 aliphatic carbocycles. The molecule has 1 saturated heterocycles. The summed E-state index contributed by atoms with van der Waals surface area (Å²) in [5.74, 6) is 0.968. The van der Waals surface area contributed by atoms with Gasteiger partial charge in [0.1, 0.15) is 5.82 Å². The van der Waals surface area contributed by atoms with Crippen LogP contribution in [0.3, 0.4) is 0 Å². The number of rotatable bonds is 6. The van der Waals surface area contributed by atoms with Crippen molar-refractivity contribution in [2.75, 3.05) is 26.2 Å². The highest BCUT2D eigenvalue weighted by molar-refractivity contribution is 5.21. The summed E-state index contributed by atoms with van der Waals surface area (Å²) in [5.41, 5.74) is 3.81. The number of piperazine rings is 1. The summed E-state index contributed by atoms with van der Waals surface area (Å²) >= 11 is 0. The predicted octanol–water partition coefficient (Wildman–Crippen LogP) is 2.10.